The zero-order valence-corrected chi connectivity index (χ0v) is 13.6. The van der Waals surface area contributed by atoms with Gasteiger partial charge >= 0.3 is 0 Å². The van der Waals surface area contributed by atoms with Crippen molar-refractivity contribution in [3.05, 3.63) is 70.0 Å². The molecular weight excluding hydrogens is 339 g/mol. The molecule has 0 spiro atoms. The summed E-state index contributed by atoms with van der Waals surface area (Å²) in [7, 11) is 0. The maximum absolute atomic E-state index is 14.0. The molecule has 0 aromatic heterocycles. The second kappa shape index (κ2) is 7.13. The lowest BCUT2D eigenvalue weighted by Crippen LogP contribution is -2.31. The number of hydrogen-bond donors (Lipinski definition) is 1. The summed E-state index contributed by atoms with van der Waals surface area (Å²) in [6.07, 6.45) is 0.916. The average Bonchev–Trinajstić information content (AvgIpc) is 3.37. The Kier molecular flexibility index (Phi) is 5.13. The zero-order valence-electron chi connectivity index (χ0n) is 12.9. The summed E-state index contributed by atoms with van der Waals surface area (Å²) in [5.41, 5.74) is 0.669. The van der Waals surface area contributed by atoms with Gasteiger partial charge in [0.1, 0.15) is 5.82 Å². The van der Waals surface area contributed by atoms with Crippen LogP contribution in [0.25, 0.3) is 0 Å². The Labute approximate surface area is 143 Å². The van der Waals surface area contributed by atoms with Crippen LogP contribution in [0.3, 0.4) is 0 Å². The minimum absolute atomic E-state index is 0.195. The molecule has 1 aliphatic carbocycles. The highest BCUT2D eigenvalue weighted by Gasteiger charge is 2.31. The number of benzene rings is 2. The van der Waals surface area contributed by atoms with Crippen LogP contribution in [0.5, 0.6) is 0 Å². The summed E-state index contributed by atoms with van der Waals surface area (Å²) < 4.78 is 40.3. The van der Waals surface area contributed by atoms with Crippen molar-refractivity contribution in [3.8, 4) is 0 Å². The number of aliphatic hydroxyl groups is 1. The molecule has 2 nitrogen and oxygen atoms in total. The number of nitrogens with zero attached hydrogens (tertiary/aromatic N) is 1. The topological polar surface area (TPSA) is 23.5 Å². The van der Waals surface area contributed by atoms with Crippen molar-refractivity contribution < 1.29 is 18.3 Å². The van der Waals surface area contributed by atoms with Crippen LogP contribution in [0.4, 0.5) is 13.2 Å². The first-order valence-corrected chi connectivity index (χ1v) is 8.13. The van der Waals surface area contributed by atoms with E-state index in [1.54, 1.807) is 12.1 Å². The van der Waals surface area contributed by atoms with E-state index in [9.17, 15) is 18.3 Å². The van der Waals surface area contributed by atoms with Crippen LogP contribution in [-0.4, -0.2) is 22.6 Å². The van der Waals surface area contributed by atoms with Gasteiger partial charge in [-0.05, 0) is 42.7 Å². The van der Waals surface area contributed by atoms with Crippen LogP contribution in [0.15, 0.2) is 36.4 Å². The van der Waals surface area contributed by atoms with Crippen molar-refractivity contribution in [1.29, 1.82) is 0 Å². The van der Waals surface area contributed by atoms with Gasteiger partial charge in [0.2, 0.25) is 0 Å². The van der Waals surface area contributed by atoms with E-state index in [0.29, 0.717) is 16.1 Å². The molecule has 0 heterocycles. The predicted octanol–water partition coefficient (Wildman–Crippen LogP) is 4.46. The first-order valence-electron chi connectivity index (χ1n) is 7.75. The van der Waals surface area contributed by atoms with Gasteiger partial charge < -0.3 is 5.11 Å². The predicted molar refractivity (Wildman–Crippen MR) is 86.2 cm³/mol. The number of rotatable bonds is 6. The SMILES string of the molecule is O[C@H](CN(Cc1c(F)cccc1Cl)C1CC1)c1ccc(F)c(F)c1. The van der Waals surface area contributed by atoms with Crippen molar-refractivity contribution in [2.45, 2.75) is 31.5 Å². The van der Waals surface area contributed by atoms with E-state index in [-0.39, 0.29) is 19.1 Å². The molecule has 0 radical (unpaired) electrons. The van der Waals surface area contributed by atoms with Gasteiger partial charge in [0, 0.05) is 29.7 Å². The van der Waals surface area contributed by atoms with Crippen LogP contribution in [-0.2, 0) is 6.54 Å². The minimum Gasteiger partial charge on any atom is -0.387 e. The quantitative estimate of drug-likeness (QED) is 0.827. The second-order valence-electron chi connectivity index (χ2n) is 6.05. The molecular formula is C18H17ClF3NO. The van der Waals surface area contributed by atoms with Gasteiger partial charge in [-0.2, -0.15) is 0 Å². The van der Waals surface area contributed by atoms with E-state index in [2.05, 4.69) is 0 Å². The van der Waals surface area contributed by atoms with Crippen molar-refractivity contribution in [2.24, 2.45) is 0 Å². The van der Waals surface area contributed by atoms with E-state index >= 15 is 0 Å². The Hall–Kier alpha value is -1.56. The lowest BCUT2D eigenvalue weighted by atomic mass is 10.1. The summed E-state index contributed by atoms with van der Waals surface area (Å²) in [5.74, 6) is -2.35. The van der Waals surface area contributed by atoms with Crippen LogP contribution in [0, 0.1) is 17.5 Å². The molecule has 2 aromatic rings. The zero-order chi connectivity index (χ0) is 17.3. The van der Waals surface area contributed by atoms with Gasteiger partial charge in [0.05, 0.1) is 6.10 Å². The van der Waals surface area contributed by atoms with E-state index in [1.165, 1.54) is 12.1 Å². The molecule has 0 saturated heterocycles. The Morgan fingerprint density at radius 1 is 1.08 bits per heavy atom. The summed E-state index contributed by atoms with van der Waals surface area (Å²) in [4.78, 5) is 1.93. The van der Waals surface area contributed by atoms with Crippen LogP contribution in [0.2, 0.25) is 5.02 Å². The minimum atomic E-state index is -0.998. The summed E-state index contributed by atoms with van der Waals surface area (Å²) in [5, 5.41) is 10.7. The molecule has 0 amide bonds. The van der Waals surface area contributed by atoms with Crippen molar-refractivity contribution in [3.63, 3.8) is 0 Å². The van der Waals surface area contributed by atoms with Crippen LogP contribution >= 0.6 is 11.6 Å². The summed E-state index contributed by atoms with van der Waals surface area (Å²) >= 11 is 6.07. The van der Waals surface area contributed by atoms with Gasteiger partial charge in [-0.15, -0.1) is 0 Å². The average molecular weight is 356 g/mol. The molecule has 1 atom stereocenters. The highest BCUT2D eigenvalue weighted by molar-refractivity contribution is 6.31. The molecule has 1 N–H and O–H groups in total. The second-order valence-corrected chi connectivity index (χ2v) is 6.46. The molecule has 0 unspecified atom stereocenters. The Morgan fingerprint density at radius 2 is 1.83 bits per heavy atom. The molecule has 1 aliphatic rings. The summed E-state index contributed by atoms with van der Waals surface area (Å²) in [6.45, 7) is 0.456. The molecule has 0 bridgehead atoms. The molecule has 3 rings (SSSR count). The van der Waals surface area contributed by atoms with Crippen LogP contribution < -0.4 is 0 Å². The third-order valence-electron chi connectivity index (χ3n) is 4.22. The van der Waals surface area contributed by atoms with Crippen molar-refractivity contribution in [2.75, 3.05) is 6.54 Å². The fourth-order valence-corrected chi connectivity index (χ4v) is 2.94. The standard InChI is InChI=1S/C18H17ClF3NO/c19-14-2-1-3-15(20)13(14)9-23(12-5-6-12)10-18(24)11-4-7-16(21)17(22)8-11/h1-4,7-8,12,18,24H,5-6,9-10H2/t18-/m1/s1. The number of aliphatic hydroxyl groups excluding tert-OH is 1. The lowest BCUT2D eigenvalue weighted by Gasteiger charge is -2.26. The highest BCUT2D eigenvalue weighted by atomic mass is 35.5. The van der Waals surface area contributed by atoms with E-state index < -0.39 is 23.6 Å². The Balaban J connectivity index is 1.75. The van der Waals surface area contributed by atoms with Gasteiger partial charge in [-0.3, -0.25) is 4.90 Å². The normalized spacial score (nSPS) is 15.8. The smallest absolute Gasteiger partial charge is 0.159 e. The molecule has 128 valence electrons. The van der Waals surface area contributed by atoms with E-state index in [0.717, 1.165) is 25.0 Å². The molecule has 2 aromatic carbocycles. The van der Waals surface area contributed by atoms with Crippen molar-refractivity contribution >= 4 is 11.6 Å². The molecule has 6 heteroatoms. The maximum atomic E-state index is 14.0. The van der Waals surface area contributed by atoms with Gasteiger partial charge in [0.15, 0.2) is 11.6 Å². The third-order valence-corrected chi connectivity index (χ3v) is 4.58. The van der Waals surface area contributed by atoms with Crippen molar-refractivity contribution in [1.82, 2.24) is 4.90 Å². The Morgan fingerprint density at radius 3 is 2.46 bits per heavy atom. The number of halogens is 4. The van der Waals surface area contributed by atoms with Gasteiger partial charge in [0.25, 0.3) is 0 Å². The largest absolute Gasteiger partial charge is 0.387 e. The molecule has 24 heavy (non-hydrogen) atoms. The van der Waals surface area contributed by atoms with Crippen LogP contribution in [0.1, 0.15) is 30.1 Å². The highest BCUT2D eigenvalue weighted by Crippen LogP contribution is 2.32. The molecule has 1 saturated carbocycles. The first kappa shape index (κ1) is 17.3. The monoisotopic (exact) mass is 355 g/mol. The number of hydrogen-bond acceptors (Lipinski definition) is 2. The third kappa shape index (κ3) is 3.91. The van der Waals surface area contributed by atoms with Gasteiger partial charge in [-0.1, -0.05) is 23.7 Å². The molecule has 1 fully saturated rings. The summed E-state index contributed by atoms with van der Waals surface area (Å²) in [6, 6.07) is 8.07. The first-order chi connectivity index (χ1) is 11.5. The van der Waals surface area contributed by atoms with E-state index in [1.807, 2.05) is 4.90 Å². The maximum Gasteiger partial charge on any atom is 0.159 e. The fraction of sp³-hybridized carbons (Fsp3) is 0.333. The Bertz CT molecular complexity index is 716. The van der Waals surface area contributed by atoms with E-state index in [4.69, 9.17) is 11.6 Å². The lowest BCUT2D eigenvalue weighted by molar-refractivity contribution is 0.103. The fourth-order valence-electron chi connectivity index (χ4n) is 2.72. The van der Waals surface area contributed by atoms with Gasteiger partial charge in [-0.25, -0.2) is 13.2 Å². The molecule has 0 aliphatic heterocycles.